The normalized spacial score (nSPS) is 15.4. The third-order valence-electron chi connectivity index (χ3n) is 3.80. The van der Waals surface area contributed by atoms with Gasteiger partial charge in [0, 0.05) is 13.1 Å². The number of nitrogens with zero attached hydrogens (tertiary/aromatic N) is 5. The van der Waals surface area contributed by atoms with Gasteiger partial charge in [0.25, 0.3) is 0 Å². The van der Waals surface area contributed by atoms with Crippen molar-refractivity contribution in [3.8, 4) is 5.69 Å². The van der Waals surface area contributed by atoms with Gasteiger partial charge in [0.1, 0.15) is 5.82 Å². The molecule has 1 amide bonds. The lowest BCUT2D eigenvalue weighted by Crippen LogP contribution is -2.33. The first-order valence-electron chi connectivity index (χ1n) is 7.69. The Morgan fingerprint density at radius 3 is 2.52 bits per heavy atom. The molecule has 0 saturated carbocycles. The molecule has 1 saturated heterocycles. The van der Waals surface area contributed by atoms with Crippen LogP contribution in [-0.4, -0.2) is 49.9 Å². The van der Waals surface area contributed by atoms with Gasteiger partial charge in [0.15, 0.2) is 0 Å². The van der Waals surface area contributed by atoms with Gasteiger partial charge < -0.3 is 4.90 Å². The summed E-state index contributed by atoms with van der Waals surface area (Å²) in [6.45, 7) is 1.67. The Kier molecular flexibility index (Phi) is 5.22. The van der Waals surface area contributed by atoms with Crippen LogP contribution in [0.5, 0.6) is 0 Å². The first-order valence-corrected chi connectivity index (χ1v) is 8.67. The van der Waals surface area contributed by atoms with Gasteiger partial charge in [-0.1, -0.05) is 24.6 Å². The number of benzene rings is 1. The van der Waals surface area contributed by atoms with Gasteiger partial charge in [-0.3, -0.25) is 4.79 Å². The highest BCUT2D eigenvalue weighted by Crippen LogP contribution is 2.19. The molecule has 0 atom stereocenters. The molecule has 0 bridgehead atoms. The molecule has 0 aliphatic carbocycles. The Bertz CT molecular complexity index is 652. The van der Waals surface area contributed by atoms with Crippen molar-refractivity contribution in [1.29, 1.82) is 0 Å². The number of rotatable bonds is 4. The van der Waals surface area contributed by atoms with E-state index in [9.17, 15) is 9.18 Å². The molecule has 2 aromatic rings. The van der Waals surface area contributed by atoms with Crippen molar-refractivity contribution in [3.05, 3.63) is 30.1 Å². The van der Waals surface area contributed by atoms with Gasteiger partial charge in [0.2, 0.25) is 11.1 Å². The lowest BCUT2D eigenvalue weighted by atomic mass is 10.2. The predicted octanol–water partition coefficient (Wildman–Crippen LogP) is 2.30. The summed E-state index contributed by atoms with van der Waals surface area (Å²) in [6, 6.07) is 5.92. The molecule has 2 heterocycles. The molecule has 0 N–H and O–H groups in total. The Morgan fingerprint density at radius 2 is 1.83 bits per heavy atom. The van der Waals surface area contributed by atoms with Gasteiger partial charge in [-0.15, -0.1) is 5.10 Å². The maximum absolute atomic E-state index is 13.0. The molecule has 23 heavy (non-hydrogen) atoms. The average Bonchev–Trinajstić information content (AvgIpc) is 2.86. The fraction of sp³-hybridized carbons (Fsp3) is 0.467. The number of halogens is 1. The van der Waals surface area contributed by atoms with Gasteiger partial charge in [-0.2, -0.15) is 4.68 Å². The second kappa shape index (κ2) is 7.54. The van der Waals surface area contributed by atoms with E-state index >= 15 is 0 Å². The molecule has 1 aromatic heterocycles. The summed E-state index contributed by atoms with van der Waals surface area (Å²) >= 11 is 1.30. The smallest absolute Gasteiger partial charge is 0.233 e. The molecule has 1 aliphatic rings. The quantitative estimate of drug-likeness (QED) is 0.802. The van der Waals surface area contributed by atoms with E-state index in [1.807, 2.05) is 4.90 Å². The van der Waals surface area contributed by atoms with Gasteiger partial charge >= 0.3 is 0 Å². The minimum Gasteiger partial charge on any atom is -0.342 e. The fourth-order valence-electron chi connectivity index (χ4n) is 2.55. The Labute approximate surface area is 138 Å². The molecule has 8 heteroatoms. The van der Waals surface area contributed by atoms with E-state index in [2.05, 4.69) is 15.5 Å². The first-order chi connectivity index (χ1) is 11.2. The molecular weight excluding hydrogens is 317 g/mol. The van der Waals surface area contributed by atoms with Crippen molar-refractivity contribution >= 4 is 17.7 Å². The molecule has 6 nitrogen and oxygen atoms in total. The van der Waals surface area contributed by atoms with Crippen molar-refractivity contribution < 1.29 is 9.18 Å². The molecule has 0 radical (unpaired) electrons. The highest BCUT2D eigenvalue weighted by molar-refractivity contribution is 7.99. The predicted molar refractivity (Wildman–Crippen MR) is 84.9 cm³/mol. The maximum Gasteiger partial charge on any atom is 0.233 e. The Morgan fingerprint density at radius 1 is 1.13 bits per heavy atom. The summed E-state index contributed by atoms with van der Waals surface area (Å²) in [5, 5.41) is 12.0. The Hall–Kier alpha value is -1.96. The van der Waals surface area contributed by atoms with Crippen LogP contribution in [0.25, 0.3) is 5.69 Å². The zero-order valence-corrected chi connectivity index (χ0v) is 13.5. The molecule has 122 valence electrons. The third-order valence-corrected chi connectivity index (χ3v) is 4.70. The minimum absolute atomic E-state index is 0.116. The van der Waals surface area contributed by atoms with E-state index in [1.54, 1.807) is 12.1 Å². The molecule has 1 aromatic carbocycles. The highest BCUT2D eigenvalue weighted by Gasteiger charge is 2.17. The van der Waals surface area contributed by atoms with Crippen molar-refractivity contribution in [2.24, 2.45) is 0 Å². The van der Waals surface area contributed by atoms with Gasteiger partial charge in [0.05, 0.1) is 11.4 Å². The van der Waals surface area contributed by atoms with E-state index < -0.39 is 0 Å². The van der Waals surface area contributed by atoms with Crippen molar-refractivity contribution in [1.82, 2.24) is 25.1 Å². The largest absolute Gasteiger partial charge is 0.342 e. The van der Waals surface area contributed by atoms with Crippen LogP contribution >= 0.6 is 11.8 Å². The summed E-state index contributed by atoms with van der Waals surface area (Å²) in [6.07, 6.45) is 4.53. The third kappa shape index (κ3) is 4.07. The number of thioether (sulfide) groups is 1. The standard InChI is InChI=1S/C15H18FN5OS/c16-12-5-7-13(8-6-12)21-15(17-18-19-21)23-11-14(22)20-9-3-1-2-4-10-20/h5-8H,1-4,9-11H2. The molecule has 3 rings (SSSR count). The summed E-state index contributed by atoms with van der Waals surface area (Å²) in [4.78, 5) is 14.2. The number of tetrazole rings is 1. The van der Waals surface area contributed by atoms with Crippen molar-refractivity contribution in [3.63, 3.8) is 0 Å². The number of likely N-dealkylation sites (tertiary alicyclic amines) is 1. The number of aromatic nitrogens is 4. The monoisotopic (exact) mass is 335 g/mol. The van der Waals surface area contributed by atoms with Crippen LogP contribution in [0.3, 0.4) is 0 Å². The fourth-order valence-corrected chi connectivity index (χ4v) is 3.34. The van der Waals surface area contributed by atoms with Crippen molar-refractivity contribution in [2.45, 2.75) is 30.8 Å². The van der Waals surface area contributed by atoms with E-state index in [4.69, 9.17) is 0 Å². The molecule has 0 spiro atoms. The van der Waals surface area contributed by atoms with Gasteiger partial charge in [-0.05, 0) is 47.5 Å². The average molecular weight is 335 g/mol. The van der Waals surface area contributed by atoms with Crippen LogP contribution in [0, 0.1) is 5.82 Å². The van der Waals surface area contributed by atoms with Crippen LogP contribution < -0.4 is 0 Å². The molecule has 1 aliphatic heterocycles. The number of carbonyl (C=O) groups excluding carboxylic acids is 1. The van der Waals surface area contributed by atoms with Crippen molar-refractivity contribution in [2.75, 3.05) is 18.8 Å². The minimum atomic E-state index is -0.313. The van der Waals surface area contributed by atoms with Crippen LogP contribution in [0.4, 0.5) is 4.39 Å². The van der Waals surface area contributed by atoms with Crippen LogP contribution in [0.15, 0.2) is 29.4 Å². The first kappa shape index (κ1) is 15.9. The summed E-state index contributed by atoms with van der Waals surface area (Å²) in [5.41, 5.74) is 0.668. The van der Waals surface area contributed by atoms with Gasteiger partial charge in [-0.25, -0.2) is 4.39 Å². The van der Waals surface area contributed by atoms with E-state index in [1.165, 1.54) is 41.4 Å². The lowest BCUT2D eigenvalue weighted by molar-refractivity contribution is -0.128. The zero-order valence-electron chi connectivity index (χ0n) is 12.7. The number of carbonyl (C=O) groups is 1. The summed E-state index contributed by atoms with van der Waals surface area (Å²) in [5.74, 6) is 0.111. The Balaban J connectivity index is 1.63. The topological polar surface area (TPSA) is 63.9 Å². The van der Waals surface area contributed by atoms with Crippen LogP contribution in [-0.2, 0) is 4.79 Å². The lowest BCUT2D eigenvalue weighted by Gasteiger charge is -2.19. The molecule has 1 fully saturated rings. The number of hydrogen-bond acceptors (Lipinski definition) is 5. The zero-order chi connectivity index (χ0) is 16.1. The molecular formula is C15H18FN5OS. The van der Waals surface area contributed by atoms with E-state index in [-0.39, 0.29) is 11.7 Å². The summed E-state index contributed by atoms with van der Waals surface area (Å²) < 4.78 is 14.5. The maximum atomic E-state index is 13.0. The van der Waals surface area contributed by atoms with Crippen LogP contribution in [0.2, 0.25) is 0 Å². The highest BCUT2D eigenvalue weighted by atomic mass is 32.2. The number of amides is 1. The SMILES string of the molecule is O=C(CSc1nnnn1-c1ccc(F)cc1)N1CCCCCC1. The molecule has 0 unspecified atom stereocenters. The van der Waals surface area contributed by atoms with E-state index in [0.717, 1.165) is 25.9 Å². The van der Waals surface area contributed by atoms with Crippen LogP contribution in [0.1, 0.15) is 25.7 Å². The second-order valence-electron chi connectivity index (χ2n) is 5.43. The second-order valence-corrected chi connectivity index (χ2v) is 6.38. The van der Waals surface area contributed by atoms with E-state index in [0.29, 0.717) is 16.6 Å². The number of hydrogen-bond donors (Lipinski definition) is 0. The summed E-state index contributed by atoms with van der Waals surface area (Å²) in [7, 11) is 0.